The highest BCUT2D eigenvalue weighted by atomic mass is 32.2. The molecule has 0 aliphatic rings. The Balaban J connectivity index is 1.48. The lowest BCUT2D eigenvalue weighted by Crippen LogP contribution is -2.10. The first-order valence-electron chi connectivity index (χ1n) is 8.99. The van der Waals surface area contributed by atoms with Crippen LogP contribution in [0.5, 0.6) is 0 Å². The first-order valence-corrected chi connectivity index (χ1v) is 11.5. The lowest BCUT2D eigenvalue weighted by Gasteiger charge is -2.02. The van der Waals surface area contributed by atoms with Crippen LogP contribution in [0.4, 0.5) is 5.13 Å². The summed E-state index contributed by atoms with van der Waals surface area (Å²) in [5.41, 5.74) is 1.53. The molecule has 4 aromatic rings. The molecule has 4 rings (SSSR count). The van der Waals surface area contributed by atoms with Gasteiger partial charge in [-0.25, -0.2) is 13.4 Å². The monoisotopic (exact) mass is 439 g/mol. The zero-order chi connectivity index (χ0) is 21.1. The van der Waals surface area contributed by atoms with Gasteiger partial charge in [0, 0.05) is 6.20 Å². The van der Waals surface area contributed by atoms with E-state index in [0.717, 1.165) is 16.3 Å². The summed E-state index contributed by atoms with van der Waals surface area (Å²) in [6, 6.07) is 16.6. The normalized spacial score (nSPS) is 11.4. The molecule has 0 aliphatic heterocycles. The number of nitrogens with one attached hydrogen (secondary N) is 1. The minimum Gasteiger partial charge on any atom is -0.455 e. The summed E-state index contributed by atoms with van der Waals surface area (Å²) in [5.74, 6) is -0.626. The van der Waals surface area contributed by atoms with E-state index >= 15 is 0 Å². The first-order chi connectivity index (χ1) is 14.4. The number of amides is 1. The molecule has 152 valence electrons. The van der Waals surface area contributed by atoms with Crippen LogP contribution in [0.1, 0.15) is 22.0 Å². The van der Waals surface area contributed by atoms with Crippen molar-refractivity contribution in [3.8, 4) is 10.6 Å². The second kappa shape index (κ2) is 8.21. The molecular weight excluding hydrogens is 422 g/mol. The molecule has 0 saturated heterocycles. The maximum atomic E-state index is 12.5. The molecule has 3 aromatic heterocycles. The fraction of sp³-hybridized carbons (Fsp3) is 0.0952. The van der Waals surface area contributed by atoms with E-state index in [9.17, 15) is 13.2 Å². The van der Waals surface area contributed by atoms with E-state index in [2.05, 4.69) is 15.3 Å². The average Bonchev–Trinajstić information content (AvgIpc) is 3.35. The number of hydrogen-bond acceptors (Lipinski definition) is 7. The van der Waals surface area contributed by atoms with Gasteiger partial charge >= 0.3 is 0 Å². The van der Waals surface area contributed by atoms with Crippen molar-refractivity contribution >= 4 is 32.2 Å². The van der Waals surface area contributed by atoms with Crippen LogP contribution in [0.2, 0.25) is 0 Å². The van der Waals surface area contributed by atoms with Gasteiger partial charge in [-0.15, -0.1) is 0 Å². The third kappa shape index (κ3) is 4.32. The molecule has 1 N–H and O–H groups in total. The summed E-state index contributed by atoms with van der Waals surface area (Å²) in [6.45, 7) is 1.84. The van der Waals surface area contributed by atoms with Crippen molar-refractivity contribution in [1.29, 1.82) is 0 Å². The second-order valence-electron chi connectivity index (χ2n) is 6.44. The van der Waals surface area contributed by atoms with Crippen molar-refractivity contribution in [3.63, 3.8) is 0 Å². The minimum atomic E-state index is -3.56. The Morgan fingerprint density at radius 3 is 2.57 bits per heavy atom. The Morgan fingerprint density at radius 2 is 1.83 bits per heavy atom. The number of nitrogens with zero attached hydrogens (tertiary/aromatic N) is 2. The van der Waals surface area contributed by atoms with Crippen LogP contribution in [0, 0.1) is 6.92 Å². The van der Waals surface area contributed by atoms with Gasteiger partial charge < -0.3 is 4.42 Å². The van der Waals surface area contributed by atoms with Gasteiger partial charge in [-0.1, -0.05) is 35.6 Å². The average molecular weight is 440 g/mol. The Bertz CT molecular complexity index is 1280. The summed E-state index contributed by atoms with van der Waals surface area (Å²) in [4.78, 5) is 22.3. The number of thiazole rings is 1. The molecule has 0 spiro atoms. The molecular formula is C21H17N3O4S2. The number of hydrogen-bond donors (Lipinski definition) is 1. The van der Waals surface area contributed by atoms with Crippen LogP contribution in [0.15, 0.2) is 76.2 Å². The van der Waals surface area contributed by atoms with Crippen molar-refractivity contribution in [2.75, 3.05) is 5.32 Å². The summed E-state index contributed by atoms with van der Waals surface area (Å²) in [6.07, 6.45) is 1.70. The standard InChI is InChI=1S/C21H17N3O4S2/c1-14-19(17-9-5-6-12-22-17)29-21(23-14)24-20(25)18-11-10-15(28-18)13-30(26,27)16-7-3-2-4-8-16/h2-12H,13H2,1H3,(H,23,24,25). The molecule has 7 nitrogen and oxygen atoms in total. The quantitative estimate of drug-likeness (QED) is 0.480. The fourth-order valence-corrected chi connectivity index (χ4v) is 5.03. The van der Waals surface area contributed by atoms with E-state index in [1.165, 1.54) is 35.6 Å². The smallest absolute Gasteiger partial charge is 0.293 e. The molecule has 3 heterocycles. The molecule has 0 unspecified atom stereocenters. The number of rotatable bonds is 6. The van der Waals surface area contributed by atoms with Crippen molar-refractivity contribution in [1.82, 2.24) is 9.97 Å². The van der Waals surface area contributed by atoms with Gasteiger partial charge in [-0.05, 0) is 43.3 Å². The largest absolute Gasteiger partial charge is 0.455 e. The van der Waals surface area contributed by atoms with Gasteiger partial charge in [-0.2, -0.15) is 0 Å². The number of aryl methyl sites for hydroxylation is 1. The van der Waals surface area contributed by atoms with E-state index in [1.807, 2.05) is 25.1 Å². The van der Waals surface area contributed by atoms with Gasteiger partial charge in [0.15, 0.2) is 20.7 Å². The topological polar surface area (TPSA) is 102 Å². The molecule has 0 atom stereocenters. The number of pyridine rings is 1. The van der Waals surface area contributed by atoms with Gasteiger partial charge in [0.1, 0.15) is 11.5 Å². The molecule has 0 fully saturated rings. The molecule has 0 bridgehead atoms. The maximum Gasteiger partial charge on any atom is 0.293 e. The van der Waals surface area contributed by atoms with Crippen LogP contribution in [-0.4, -0.2) is 24.3 Å². The van der Waals surface area contributed by atoms with E-state index in [-0.39, 0.29) is 22.2 Å². The Kier molecular flexibility index (Phi) is 5.47. The first kappa shape index (κ1) is 20.0. The summed E-state index contributed by atoms with van der Waals surface area (Å²) >= 11 is 1.31. The van der Waals surface area contributed by atoms with E-state index in [0.29, 0.717) is 5.13 Å². The van der Waals surface area contributed by atoms with Gasteiger partial charge in [0.25, 0.3) is 5.91 Å². The number of anilines is 1. The van der Waals surface area contributed by atoms with E-state index in [1.54, 1.807) is 24.4 Å². The summed E-state index contributed by atoms with van der Waals surface area (Å²) < 4.78 is 30.4. The summed E-state index contributed by atoms with van der Waals surface area (Å²) in [7, 11) is -3.56. The molecule has 0 saturated carbocycles. The number of carbonyl (C=O) groups is 1. The second-order valence-corrected chi connectivity index (χ2v) is 9.43. The third-order valence-corrected chi connectivity index (χ3v) is 6.98. The zero-order valence-electron chi connectivity index (χ0n) is 15.9. The minimum absolute atomic E-state index is 0.0144. The molecule has 0 aliphatic carbocycles. The molecule has 9 heteroatoms. The van der Waals surface area contributed by atoms with Crippen LogP contribution in [0.25, 0.3) is 10.6 Å². The van der Waals surface area contributed by atoms with Crippen LogP contribution in [0.3, 0.4) is 0 Å². The number of aromatic nitrogens is 2. The Labute approximate surface area is 177 Å². The highest BCUT2D eigenvalue weighted by molar-refractivity contribution is 7.90. The lowest BCUT2D eigenvalue weighted by molar-refractivity contribution is 0.0995. The Morgan fingerprint density at radius 1 is 1.07 bits per heavy atom. The van der Waals surface area contributed by atoms with Crippen molar-refractivity contribution in [3.05, 3.63) is 84.1 Å². The number of furan rings is 1. The summed E-state index contributed by atoms with van der Waals surface area (Å²) in [5, 5.41) is 3.10. The zero-order valence-corrected chi connectivity index (χ0v) is 17.5. The van der Waals surface area contributed by atoms with Crippen LogP contribution < -0.4 is 5.32 Å². The molecule has 1 aromatic carbocycles. The fourth-order valence-electron chi connectivity index (χ4n) is 2.82. The third-order valence-electron chi connectivity index (χ3n) is 4.23. The SMILES string of the molecule is Cc1nc(NC(=O)c2ccc(CS(=O)(=O)c3ccccc3)o2)sc1-c1ccccn1. The van der Waals surface area contributed by atoms with Crippen molar-refractivity contribution in [2.24, 2.45) is 0 Å². The predicted molar refractivity (Wildman–Crippen MR) is 114 cm³/mol. The number of carbonyl (C=O) groups excluding carboxylic acids is 1. The van der Waals surface area contributed by atoms with Gasteiger partial charge in [0.2, 0.25) is 0 Å². The predicted octanol–water partition coefficient (Wildman–Crippen LogP) is 4.33. The van der Waals surface area contributed by atoms with Crippen LogP contribution >= 0.6 is 11.3 Å². The lowest BCUT2D eigenvalue weighted by atomic mass is 10.3. The highest BCUT2D eigenvalue weighted by Crippen LogP contribution is 2.31. The van der Waals surface area contributed by atoms with Crippen molar-refractivity contribution in [2.45, 2.75) is 17.6 Å². The van der Waals surface area contributed by atoms with E-state index < -0.39 is 15.7 Å². The molecule has 0 radical (unpaired) electrons. The van der Waals surface area contributed by atoms with E-state index in [4.69, 9.17) is 4.42 Å². The highest BCUT2D eigenvalue weighted by Gasteiger charge is 2.20. The van der Waals surface area contributed by atoms with Crippen molar-refractivity contribution < 1.29 is 17.6 Å². The number of sulfone groups is 1. The van der Waals surface area contributed by atoms with Gasteiger partial charge in [-0.3, -0.25) is 15.1 Å². The number of benzene rings is 1. The molecule has 1 amide bonds. The maximum absolute atomic E-state index is 12.5. The Hall–Kier alpha value is -3.30. The van der Waals surface area contributed by atoms with Gasteiger partial charge in [0.05, 0.1) is 21.2 Å². The van der Waals surface area contributed by atoms with Crippen LogP contribution in [-0.2, 0) is 15.6 Å². The molecule has 30 heavy (non-hydrogen) atoms.